The quantitative estimate of drug-likeness (QED) is 0.567. The van der Waals surface area contributed by atoms with Crippen molar-refractivity contribution in [2.45, 2.75) is 13.5 Å². The van der Waals surface area contributed by atoms with Crippen LogP contribution < -0.4 is 10.2 Å². The van der Waals surface area contributed by atoms with Gasteiger partial charge in [-0.1, -0.05) is 19.1 Å². The summed E-state index contributed by atoms with van der Waals surface area (Å²) in [6, 6.07) is 10.5. The van der Waals surface area contributed by atoms with E-state index in [1.807, 2.05) is 35.3 Å². The Kier molecular flexibility index (Phi) is 3.80. The zero-order chi connectivity index (χ0) is 20.1. The summed E-state index contributed by atoms with van der Waals surface area (Å²) in [5, 5.41) is 3.41. The molecule has 7 heteroatoms. The number of aliphatic imine (C=N–C) groups is 1. The molecule has 2 aliphatic heterocycles. The Bertz CT molecular complexity index is 1270. The van der Waals surface area contributed by atoms with Crippen molar-refractivity contribution in [3.05, 3.63) is 66.2 Å². The molecule has 0 spiro atoms. The Balaban J connectivity index is 1.33. The number of hydrogen-bond donors (Lipinski definition) is 1. The van der Waals surface area contributed by atoms with E-state index in [1.54, 1.807) is 6.20 Å². The van der Waals surface area contributed by atoms with Crippen molar-refractivity contribution in [1.82, 2.24) is 19.4 Å². The number of rotatable bonds is 4. The van der Waals surface area contributed by atoms with E-state index in [-0.39, 0.29) is 0 Å². The fourth-order valence-corrected chi connectivity index (χ4v) is 4.09. The van der Waals surface area contributed by atoms with Gasteiger partial charge in [-0.25, -0.2) is 15.0 Å². The molecule has 148 valence electrons. The van der Waals surface area contributed by atoms with Crippen LogP contribution in [0.3, 0.4) is 0 Å². The van der Waals surface area contributed by atoms with Gasteiger partial charge in [0.1, 0.15) is 5.82 Å². The minimum atomic E-state index is 0.710. The molecule has 5 heterocycles. The lowest BCUT2D eigenvalue weighted by Crippen LogP contribution is -2.45. The monoisotopic (exact) mass is 395 g/mol. The summed E-state index contributed by atoms with van der Waals surface area (Å²) in [5.74, 6) is 2.48. The zero-order valence-corrected chi connectivity index (χ0v) is 16.7. The summed E-state index contributed by atoms with van der Waals surface area (Å²) in [5.41, 5.74) is 6.04. The van der Waals surface area contributed by atoms with Crippen LogP contribution in [0.15, 0.2) is 60.1 Å². The highest BCUT2D eigenvalue weighted by molar-refractivity contribution is 5.86. The normalized spacial score (nSPS) is 15.4. The molecule has 1 aromatic carbocycles. The van der Waals surface area contributed by atoms with Crippen LogP contribution in [-0.4, -0.2) is 38.7 Å². The number of benzene rings is 1. The highest BCUT2D eigenvalue weighted by Gasteiger charge is 2.23. The van der Waals surface area contributed by atoms with Crippen LogP contribution in [0.4, 0.5) is 17.3 Å². The van der Waals surface area contributed by atoms with Crippen molar-refractivity contribution >= 4 is 29.2 Å². The number of hydrogen-bond acceptors (Lipinski definition) is 6. The Labute approximate surface area is 174 Å². The summed E-state index contributed by atoms with van der Waals surface area (Å²) in [6.07, 6.45) is 9.52. The molecule has 0 aliphatic carbocycles. The molecule has 1 N–H and O–H groups in total. The van der Waals surface area contributed by atoms with E-state index in [1.165, 1.54) is 11.1 Å². The second-order valence-electron chi connectivity index (χ2n) is 8.06. The molecule has 3 aromatic heterocycles. The maximum atomic E-state index is 4.89. The van der Waals surface area contributed by atoms with Gasteiger partial charge in [0.05, 0.1) is 24.1 Å². The molecule has 7 nitrogen and oxygen atoms in total. The minimum Gasteiger partial charge on any atom is -0.356 e. The van der Waals surface area contributed by atoms with Gasteiger partial charge < -0.3 is 14.6 Å². The highest BCUT2D eigenvalue weighted by Crippen LogP contribution is 2.28. The predicted molar refractivity (Wildman–Crippen MR) is 119 cm³/mol. The number of aromatic nitrogens is 4. The molecule has 0 bridgehead atoms. The first-order valence-electron chi connectivity index (χ1n) is 10.2. The fourth-order valence-electron chi connectivity index (χ4n) is 4.09. The number of fused-ring (bicyclic) bond motifs is 2. The van der Waals surface area contributed by atoms with E-state index in [0.717, 1.165) is 54.0 Å². The van der Waals surface area contributed by atoms with Gasteiger partial charge in [-0.15, -0.1) is 0 Å². The molecular formula is C23H21N7. The number of imidazole rings is 1. The summed E-state index contributed by atoms with van der Waals surface area (Å²) in [4.78, 5) is 20.6. The number of anilines is 3. The lowest BCUT2D eigenvalue weighted by molar-refractivity contribution is 0.443. The van der Waals surface area contributed by atoms with Gasteiger partial charge in [-0.3, -0.25) is 4.99 Å². The third kappa shape index (κ3) is 2.90. The topological polar surface area (TPSA) is 70.7 Å². The molecule has 2 aliphatic rings. The van der Waals surface area contributed by atoms with Crippen LogP contribution in [0, 0.1) is 5.92 Å². The predicted octanol–water partition coefficient (Wildman–Crippen LogP) is 3.92. The first kappa shape index (κ1) is 17.1. The Morgan fingerprint density at radius 3 is 2.87 bits per heavy atom. The zero-order valence-electron chi connectivity index (χ0n) is 16.7. The molecule has 0 radical (unpaired) electrons. The Morgan fingerprint density at radius 2 is 2.03 bits per heavy atom. The smallest absolute Gasteiger partial charge is 0.180 e. The number of nitrogens with one attached hydrogen (secondary N) is 1. The molecule has 0 unspecified atom stereocenters. The standard InChI is InChI=1S/C23H21N7/c1-15-12-30(13-15)21-5-4-19(11-26-21)27-22-23-25-6-7-29(23)14-20(28-22)16-2-3-17-9-24-10-18(17)8-16/h2-9,11,14-15H,10,12-13H2,1H3,(H,27,28). The van der Waals surface area contributed by atoms with Gasteiger partial charge in [0.2, 0.25) is 0 Å². The molecule has 6 rings (SSSR count). The molecule has 30 heavy (non-hydrogen) atoms. The number of nitrogens with zero attached hydrogens (tertiary/aromatic N) is 6. The SMILES string of the molecule is CC1CN(c2ccc(Nc3nc(-c4ccc5c(c4)CN=C5)cn4ccnc34)cn2)C1. The van der Waals surface area contributed by atoms with E-state index in [9.17, 15) is 0 Å². The van der Waals surface area contributed by atoms with E-state index < -0.39 is 0 Å². The van der Waals surface area contributed by atoms with Crippen molar-refractivity contribution in [3.63, 3.8) is 0 Å². The average molecular weight is 395 g/mol. The van der Waals surface area contributed by atoms with Crippen LogP contribution in [-0.2, 0) is 6.54 Å². The van der Waals surface area contributed by atoms with Gasteiger partial charge in [-0.05, 0) is 35.2 Å². The van der Waals surface area contributed by atoms with Crippen LogP contribution in [0.5, 0.6) is 0 Å². The second kappa shape index (κ2) is 6.66. The third-order valence-corrected chi connectivity index (χ3v) is 5.70. The second-order valence-corrected chi connectivity index (χ2v) is 8.06. The van der Waals surface area contributed by atoms with Crippen molar-refractivity contribution in [2.75, 3.05) is 23.3 Å². The Hall–Kier alpha value is -3.74. The molecule has 1 saturated heterocycles. The molecule has 4 aromatic rings. The first-order valence-corrected chi connectivity index (χ1v) is 10.2. The highest BCUT2D eigenvalue weighted by atomic mass is 15.2. The lowest BCUT2D eigenvalue weighted by atomic mass is 10.0. The van der Waals surface area contributed by atoms with E-state index in [4.69, 9.17) is 4.98 Å². The molecule has 0 amide bonds. The average Bonchev–Trinajstić information content (AvgIpc) is 3.41. The maximum absolute atomic E-state index is 4.89. The van der Waals surface area contributed by atoms with E-state index in [2.05, 4.69) is 56.4 Å². The maximum Gasteiger partial charge on any atom is 0.180 e. The summed E-state index contributed by atoms with van der Waals surface area (Å²) >= 11 is 0. The molecule has 0 saturated carbocycles. The summed E-state index contributed by atoms with van der Waals surface area (Å²) in [6.45, 7) is 5.14. The van der Waals surface area contributed by atoms with Crippen LogP contribution in [0.25, 0.3) is 16.9 Å². The van der Waals surface area contributed by atoms with Crippen molar-refractivity contribution < 1.29 is 0 Å². The summed E-state index contributed by atoms with van der Waals surface area (Å²) < 4.78 is 2.00. The lowest BCUT2D eigenvalue weighted by Gasteiger charge is -2.38. The Morgan fingerprint density at radius 1 is 1.10 bits per heavy atom. The van der Waals surface area contributed by atoms with Crippen molar-refractivity contribution in [3.8, 4) is 11.3 Å². The fraction of sp³-hybridized carbons (Fsp3) is 0.217. The van der Waals surface area contributed by atoms with Crippen molar-refractivity contribution in [1.29, 1.82) is 0 Å². The van der Waals surface area contributed by atoms with Gasteiger partial charge in [0.15, 0.2) is 11.5 Å². The van der Waals surface area contributed by atoms with Crippen LogP contribution >= 0.6 is 0 Å². The summed E-state index contributed by atoms with van der Waals surface area (Å²) in [7, 11) is 0. The van der Waals surface area contributed by atoms with Crippen LogP contribution in [0.2, 0.25) is 0 Å². The third-order valence-electron chi connectivity index (χ3n) is 5.70. The van der Waals surface area contributed by atoms with Gasteiger partial charge >= 0.3 is 0 Å². The number of pyridine rings is 1. The van der Waals surface area contributed by atoms with Gasteiger partial charge in [0, 0.05) is 43.5 Å². The van der Waals surface area contributed by atoms with Crippen LogP contribution in [0.1, 0.15) is 18.1 Å². The van der Waals surface area contributed by atoms with Gasteiger partial charge in [0.25, 0.3) is 0 Å². The van der Waals surface area contributed by atoms with Crippen molar-refractivity contribution in [2.24, 2.45) is 10.9 Å². The van der Waals surface area contributed by atoms with E-state index >= 15 is 0 Å². The molecule has 1 fully saturated rings. The van der Waals surface area contributed by atoms with E-state index in [0.29, 0.717) is 5.82 Å². The largest absolute Gasteiger partial charge is 0.356 e. The van der Waals surface area contributed by atoms with Gasteiger partial charge in [-0.2, -0.15) is 0 Å². The molecular weight excluding hydrogens is 374 g/mol. The minimum absolute atomic E-state index is 0.710. The first-order chi connectivity index (χ1) is 14.7. The molecule has 0 atom stereocenters.